The highest BCUT2D eigenvalue weighted by Crippen LogP contribution is 2.16. The van der Waals surface area contributed by atoms with Gasteiger partial charge in [-0.2, -0.15) is 0 Å². The molecule has 0 aliphatic heterocycles. The maximum atomic E-state index is 11.3. The first-order chi connectivity index (χ1) is 7.77. The van der Waals surface area contributed by atoms with Gasteiger partial charge in [0.05, 0.1) is 0 Å². The summed E-state index contributed by atoms with van der Waals surface area (Å²) in [5.74, 6) is -0.238. The van der Waals surface area contributed by atoms with E-state index in [2.05, 4.69) is 5.32 Å². The summed E-state index contributed by atoms with van der Waals surface area (Å²) < 4.78 is 4.70. The van der Waals surface area contributed by atoms with Gasteiger partial charge in [-0.3, -0.25) is 9.59 Å². The fourth-order valence-corrected chi connectivity index (χ4v) is 1.20. The zero-order valence-electron chi connectivity index (χ0n) is 8.90. The van der Waals surface area contributed by atoms with Gasteiger partial charge in [-0.15, -0.1) is 0 Å². The lowest BCUT2D eigenvalue weighted by atomic mass is 10.1. The van der Waals surface area contributed by atoms with Gasteiger partial charge in [0.25, 0.3) is 0 Å². The molecule has 4 heteroatoms. The van der Waals surface area contributed by atoms with Crippen LogP contribution in [0.5, 0.6) is 0 Å². The van der Waals surface area contributed by atoms with E-state index in [4.69, 9.17) is 4.74 Å². The lowest BCUT2D eigenvalue weighted by Crippen LogP contribution is -2.17. The van der Waals surface area contributed by atoms with Crippen molar-refractivity contribution in [3.63, 3.8) is 0 Å². The molecule has 0 spiro atoms. The zero-order valence-corrected chi connectivity index (χ0v) is 8.90. The quantitative estimate of drug-likeness (QED) is 0.760. The van der Waals surface area contributed by atoms with Gasteiger partial charge in [-0.25, -0.2) is 0 Å². The number of ether oxygens (including phenoxy) is 1. The van der Waals surface area contributed by atoms with Gasteiger partial charge in [-0.05, 0) is 23.8 Å². The Morgan fingerprint density at radius 2 is 2.25 bits per heavy atom. The Labute approximate surface area is 93.9 Å². The van der Waals surface area contributed by atoms with Gasteiger partial charge >= 0.3 is 0 Å². The van der Waals surface area contributed by atoms with Crippen molar-refractivity contribution in [2.45, 2.75) is 0 Å². The van der Waals surface area contributed by atoms with Crippen LogP contribution in [0.3, 0.4) is 0 Å². The lowest BCUT2D eigenvalue weighted by molar-refractivity contribution is -0.119. The zero-order chi connectivity index (χ0) is 11.8. The van der Waals surface area contributed by atoms with E-state index in [1.54, 1.807) is 30.6 Å². The van der Waals surface area contributed by atoms with Gasteiger partial charge in [0, 0.05) is 12.8 Å². The SMILES string of the molecule is COCC(=O)Nc1ccccc1/C=C/[C]=O. The minimum absolute atomic E-state index is 0.00213. The molecule has 1 aromatic carbocycles. The minimum Gasteiger partial charge on any atom is -0.375 e. The highest BCUT2D eigenvalue weighted by Gasteiger charge is 2.03. The highest BCUT2D eigenvalue weighted by molar-refractivity contribution is 5.94. The highest BCUT2D eigenvalue weighted by atomic mass is 16.5. The molecule has 0 aromatic heterocycles. The van der Waals surface area contributed by atoms with Crippen molar-refractivity contribution < 1.29 is 14.3 Å². The van der Waals surface area contributed by atoms with Crippen LogP contribution in [0, 0.1) is 0 Å². The Morgan fingerprint density at radius 1 is 1.50 bits per heavy atom. The Balaban J connectivity index is 2.82. The first-order valence-electron chi connectivity index (χ1n) is 4.70. The van der Waals surface area contributed by atoms with E-state index in [1.165, 1.54) is 13.2 Å². The largest absolute Gasteiger partial charge is 0.375 e. The Hall–Kier alpha value is -1.94. The molecule has 0 aliphatic carbocycles. The lowest BCUT2D eigenvalue weighted by Gasteiger charge is -2.07. The molecule has 83 valence electrons. The second kappa shape index (κ2) is 6.53. The monoisotopic (exact) mass is 218 g/mol. The summed E-state index contributed by atoms with van der Waals surface area (Å²) in [7, 11) is 1.45. The molecule has 0 heterocycles. The van der Waals surface area contributed by atoms with Crippen LogP contribution in [0.2, 0.25) is 0 Å². The molecule has 4 nitrogen and oxygen atoms in total. The third kappa shape index (κ3) is 3.67. The molecular weight excluding hydrogens is 206 g/mol. The van der Waals surface area contributed by atoms with Gasteiger partial charge in [0.2, 0.25) is 12.2 Å². The molecule has 0 saturated carbocycles. The third-order valence-electron chi connectivity index (χ3n) is 1.84. The fraction of sp³-hybridized carbons (Fsp3) is 0.167. The number of carbonyl (C=O) groups excluding carboxylic acids is 2. The van der Waals surface area contributed by atoms with E-state index < -0.39 is 0 Å². The van der Waals surface area contributed by atoms with Crippen molar-refractivity contribution in [2.24, 2.45) is 0 Å². The van der Waals surface area contributed by atoms with Crippen molar-refractivity contribution >= 4 is 24.0 Å². The number of amides is 1. The van der Waals surface area contributed by atoms with E-state index in [0.717, 1.165) is 5.56 Å². The number of allylic oxidation sites excluding steroid dienone is 1. The number of methoxy groups -OCH3 is 1. The average Bonchev–Trinajstić information content (AvgIpc) is 2.28. The van der Waals surface area contributed by atoms with Crippen LogP contribution >= 0.6 is 0 Å². The number of benzene rings is 1. The van der Waals surface area contributed by atoms with Gasteiger partial charge in [0.15, 0.2) is 0 Å². The summed E-state index contributed by atoms with van der Waals surface area (Å²) in [6, 6.07) is 7.15. The van der Waals surface area contributed by atoms with Crippen molar-refractivity contribution in [1.29, 1.82) is 0 Å². The van der Waals surface area contributed by atoms with Crippen LogP contribution in [0.25, 0.3) is 6.08 Å². The average molecular weight is 218 g/mol. The van der Waals surface area contributed by atoms with Crippen LogP contribution in [0.4, 0.5) is 5.69 Å². The molecule has 1 N–H and O–H groups in total. The van der Waals surface area contributed by atoms with Crippen molar-refractivity contribution in [2.75, 3.05) is 19.0 Å². The maximum Gasteiger partial charge on any atom is 0.250 e. The number of hydrogen-bond donors (Lipinski definition) is 1. The summed E-state index contributed by atoms with van der Waals surface area (Å²) in [5, 5.41) is 2.68. The molecule has 1 rings (SSSR count). The van der Waals surface area contributed by atoms with E-state index >= 15 is 0 Å². The van der Waals surface area contributed by atoms with E-state index in [0.29, 0.717) is 5.69 Å². The summed E-state index contributed by atoms with van der Waals surface area (Å²) >= 11 is 0. The number of carbonyl (C=O) groups is 1. The van der Waals surface area contributed by atoms with Gasteiger partial charge in [0.1, 0.15) is 6.61 Å². The maximum absolute atomic E-state index is 11.3. The first-order valence-corrected chi connectivity index (χ1v) is 4.70. The summed E-state index contributed by atoms with van der Waals surface area (Å²) in [6.45, 7) is -0.00213. The van der Waals surface area contributed by atoms with Crippen molar-refractivity contribution in [3.8, 4) is 0 Å². The van der Waals surface area contributed by atoms with Crippen LogP contribution in [0.1, 0.15) is 5.56 Å². The normalized spacial score (nSPS) is 10.3. The molecule has 16 heavy (non-hydrogen) atoms. The molecule has 0 unspecified atom stereocenters. The topological polar surface area (TPSA) is 55.4 Å². The molecule has 0 atom stereocenters. The van der Waals surface area contributed by atoms with E-state index in [1.807, 2.05) is 6.07 Å². The minimum atomic E-state index is -0.238. The molecular formula is C12H12NO3. The predicted molar refractivity (Wildman–Crippen MR) is 61.7 cm³/mol. The summed E-state index contributed by atoms with van der Waals surface area (Å²) in [4.78, 5) is 21.4. The van der Waals surface area contributed by atoms with Gasteiger partial charge in [-0.1, -0.05) is 18.2 Å². The Morgan fingerprint density at radius 3 is 2.94 bits per heavy atom. The second-order valence-electron chi connectivity index (χ2n) is 3.02. The van der Waals surface area contributed by atoms with Crippen molar-refractivity contribution in [1.82, 2.24) is 0 Å². The second-order valence-corrected chi connectivity index (χ2v) is 3.02. The molecule has 0 aliphatic rings. The number of para-hydroxylation sites is 1. The van der Waals surface area contributed by atoms with Gasteiger partial charge < -0.3 is 10.1 Å². The number of hydrogen-bond acceptors (Lipinski definition) is 3. The summed E-state index contributed by atoms with van der Waals surface area (Å²) in [5.41, 5.74) is 1.38. The van der Waals surface area contributed by atoms with Crippen LogP contribution in [-0.2, 0) is 14.3 Å². The van der Waals surface area contributed by atoms with Crippen LogP contribution in [0.15, 0.2) is 30.3 Å². The molecule has 1 amide bonds. The smallest absolute Gasteiger partial charge is 0.250 e. The fourth-order valence-electron chi connectivity index (χ4n) is 1.20. The Kier molecular flexibility index (Phi) is 4.95. The van der Waals surface area contributed by atoms with E-state index in [-0.39, 0.29) is 12.5 Å². The Bertz CT molecular complexity index is 399. The summed E-state index contributed by atoms with van der Waals surface area (Å²) in [6.07, 6.45) is 4.48. The molecule has 1 aromatic rings. The first kappa shape index (κ1) is 12.1. The third-order valence-corrected chi connectivity index (χ3v) is 1.84. The number of anilines is 1. The molecule has 0 saturated heterocycles. The molecule has 1 radical (unpaired) electrons. The molecule has 0 fully saturated rings. The van der Waals surface area contributed by atoms with Crippen LogP contribution < -0.4 is 5.32 Å². The number of rotatable bonds is 5. The van der Waals surface area contributed by atoms with Crippen molar-refractivity contribution in [3.05, 3.63) is 35.9 Å². The molecule has 0 bridgehead atoms. The number of nitrogens with one attached hydrogen (secondary N) is 1. The van der Waals surface area contributed by atoms with Crippen LogP contribution in [-0.4, -0.2) is 25.9 Å². The standard InChI is InChI=1S/C12H12NO3/c1-16-9-12(15)13-11-7-3-2-5-10(11)6-4-8-14/h2-7H,9H2,1H3,(H,13,15)/b6-4+. The van der Waals surface area contributed by atoms with E-state index in [9.17, 15) is 9.59 Å². The predicted octanol–water partition coefficient (Wildman–Crippen LogP) is 1.39.